The lowest BCUT2D eigenvalue weighted by atomic mass is 9.87. The Hall–Kier alpha value is -3.09. The molecule has 0 fully saturated rings. The highest BCUT2D eigenvalue weighted by molar-refractivity contribution is 5.88. The summed E-state index contributed by atoms with van der Waals surface area (Å²) in [4.78, 5) is 36.1. The summed E-state index contributed by atoms with van der Waals surface area (Å²) in [5, 5.41) is 0.633. The van der Waals surface area contributed by atoms with Crippen molar-refractivity contribution in [3.05, 3.63) is 51.9 Å². The van der Waals surface area contributed by atoms with E-state index < -0.39 is 35.4 Å². The molecule has 0 N–H and O–H groups in total. The second-order valence-corrected chi connectivity index (χ2v) is 7.18. The average Bonchev–Trinajstić information content (AvgIpc) is 2.62. The van der Waals surface area contributed by atoms with Crippen LogP contribution in [0.15, 0.2) is 45.1 Å². The maximum atomic E-state index is 12.4. The van der Waals surface area contributed by atoms with Gasteiger partial charge < -0.3 is 18.6 Å². The normalized spacial score (nSPS) is 20.8. The van der Waals surface area contributed by atoms with E-state index in [0.717, 1.165) is 0 Å². The maximum Gasteiger partial charge on any atom is 0.336 e. The van der Waals surface area contributed by atoms with Gasteiger partial charge in [0.2, 0.25) is 0 Å². The predicted octanol–water partition coefficient (Wildman–Crippen LogP) is 3.45. The first-order chi connectivity index (χ1) is 13.1. The summed E-state index contributed by atoms with van der Waals surface area (Å²) in [5.41, 5.74) is -0.547. The van der Waals surface area contributed by atoms with E-state index >= 15 is 0 Å². The Morgan fingerprint density at radius 1 is 1.11 bits per heavy atom. The quantitative estimate of drug-likeness (QED) is 0.453. The molecule has 0 aliphatic carbocycles. The molecule has 1 aliphatic rings. The summed E-state index contributed by atoms with van der Waals surface area (Å²) in [5.74, 6) is -0.715. The van der Waals surface area contributed by atoms with E-state index in [1.54, 1.807) is 52.0 Å². The lowest BCUT2D eigenvalue weighted by Gasteiger charge is -2.43. The first kappa shape index (κ1) is 19.7. The minimum atomic E-state index is -1.00. The molecule has 3 rings (SSSR count). The van der Waals surface area contributed by atoms with Gasteiger partial charge in [-0.2, -0.15) is 0 Å². The summed E-state index contributed by atoms with van der Waals surface area (Å²) in [6, 6.07) is 6.37. The van der Waals surface area contributed by atoms with Gasteiger partial charge in [0.15, 0.2) is 12.2 Å². The Morgan fingerprint density at radius 2 is 1.79 bits per heavy atom. The predicted molar refractivity (Wildman–Crippen MR) is 101 cm³/mol. The minimum Gasteiger partial charge on any atom is -0.483 e. The van der Waals surface area contributed by atoms with Gasteiger partial charge in [0.1, 0.15) is 16.9 Å². The molecule has 0 unspecified atom stereocenters. The van der Waals surface area contributed by atoms with Crippen molar-refractivity contribution < 1.29 is 28.2 Å². The van der Waals surface area contributed by atoms with Crippen LogP contribution in [0.25, 0.3) is 11.0 Å². The van der Waals surface area contributed by atoms with E-state index in [1.165, 1.54) is 13.0 Å². The molecular weight excluding hydrogens is 364 g/mol. The number of esters is 2. The van der Waals surface area contributed by atoms with Crippen LogP contribution in [0.5, 0.6) is 5.75 Å². The van der Waals surface area contributed by atoms with Crippen molar-refractivity contribution in [3.63, 3.8) is 0 Å². The van der Waals surface area contributed by atoms with E-state index in [0.29, 0.717) is 22.3 Å². The number of carbonyl (C=O) groups is 2. The number of hydrogen-bond acceptors (Lipinski definition) is 7. The molecule has 0 saturated heterocycles. The van der Waals surface area contributed by atoms with Crippen LogP contribution in [-0.2, 0) is 19.1 Å². The zero-order valence-corrected chi connectivity index (χ0v) is 16.4. The lowest BCUT2D eigenvalue weighted by molar-refractivity contribution is -0.186. The molecule has 1 aliphatic heterocycles. The van der Waals surface area contributed by atoms with Crippen LogP contribution in [0.2, 0.25) is 0 Å². The number of ether oxygens (including phenoxy) is 3. The molecule has 1 aromatic carbocycles. The Balaban J connectivity index is 2.22. The number of allylic oxidation sites excluding steroid dienone is 1. The number of fused-ring (bicyclic) bond motifs is 3. The fraction of sp³-hybridized carbons (Fsp3) is 0.381. The Morgan fingerprint density at radius 3 is 2.43 bits per heavy atom. The molecule has 2 atom stereocenters. The van der Waals surface area contributed by atoms with Crippen LogP contribution in [0.3, 0.4) is 0 Å². The van der Waals surface area contributed by atoms with Crippen molar-refractivity contribution in [2.75, 3.05) is 0 Å². The van der Waals surface area contributed by atoms with Crippen molar-refractivity contribution in [2.24, 2.45) is 0 Å². The number of benzene rings is 1. The molecule has 0 spiro atoms. The molecule has 0 radical (unpaired) electrons. The third kappa shape index (κ3) is 3.52. The summed E-state index contributed by atoms with van der Waals surface area (Å²) >= 11 is 0. The minimum absolute atomic E-state index is 0.232. The average molecular weight is 386 g/mol. The van der Waals surface area contributed by atoms with E-state index in [4.69, 9.17) is 18.6 Å². The largest absolute Gasteiger partial charge is 0.483 e. The molecule has 0 saturated carbocycles. The molecule has 1 aromatic heterocycles. The summed E-state index contributed by atoms with van der Waals surface area (Å²) in [6.45, 7) is 8.09. The summed E-state index contributed by atoms with van der Waals surface area (Å²) in [7, 11) is 0. The second kappa shape index (κ2) is 7.14. The van der Waals surface area contributed by atoms with Gasteiger partial charge in [-0.1, -0.05) is 6.08 Å². The highest BCUT2D eigenvalue weighted by atomic mass is 16.6. The molecule has 2 heterocycles. The molecule has 0 bridgehead atoms. The van der Waals surface area contributed by atoms with Gasteiger partial charge >= 0.3 is 17.6 Å². The van der Waals surface area contributed by atoms with Crippen LogP contribution in [0.4, 0.5) is 0 Å². The molecule has 28 heavy (non-hydrogen) atoms. The second-order valence-electron chi connectivity index (χ2n) is 7.18. The zero-order valence-electron chi connectivity index (χ0n) is 16.4. The van der Waals surface area contributed by atoms with Crippen molar-refractivity contribution in [2.45, 2.75) is 52.4 Å². The fourth-order valence-corrected chi connectivity index (χ4v) is 3.18. The number of hydrogen-bond donors (Lipinski definition) is 0. The maximum absolute atomic E-state index is 12.4. The number of rotatable bonds is 3. The topological polar surface area (TPSA) is 92.0 Å². The van der Waals surface area contributed by atoms with Crippen LogP contribution in [0, 0.1) is 0 Å². The first-order valence-corrected chi connectivity index (χ1v) is 8.91. The van der Waals surface area contributed by atoms with Crippen molar-refractivity contribution >= 4 is 22.9 Å². The third-order valence-corrected chi connectivity index (χ3v) is 4.69. The van der Waals surface area contributed by atoms with Crippen molar-refractivity contribution in [1.29, 1.82) is 0 Å². The van der Waals surface area contributed by atoms with Crippen LogP contribution in [0.1, 0.15) is 46.3 Å². The Labute approximate surface area is 161 Å². The smallest absolute Gasteiger partial charge is 0.336 e. The fourth-order valence-electron chi connectivity index (χ4n) is 3.18. The SMILES string of the molecule is C/C=C(\C)C(=O)O[C@@H]1[C@H](OC(C)=O)c2c(ccc3ccc(=O)oc23)OC1(C)C. The van der Waals surface area contributed by atoms with Crippen LogP contribution >= 0.6 is 0 Å². The number of carbonyl (C=O) groups excluding carboxylic acids is 2. The van der Waals surface area contributed by atoms with E-state index in [2.05, 4.69) is 0 Å². The van der Waals surface area contributed by atoms with Gasteiger partial charge in [-0.3, -0.25) is 4.79 Å². The van der Waals surface area contributed by atoms with E-state index in [9.17, 15) is 14.4 Å². The molecular formula is C21H22O7. The molecule has 7 heteroatoms. The van der Waals surface area contributed by atoms with Crippen molar-refractivity contribution in [1.82, 2.24) is 0 Å². The lowest BCUT2D eigenvalue weighted by Crippen LogP contribution is -2.52. The standard InChI is InChI=1S/C21H22O7/c1-6-11(2)20(24)27-19-18(25-12(3)22)16-14(28-21(19,4)5)9-7-13-8-10-15(23)26-17(13)16/h6-10,18-19H,1-5H3/b11-6+/t18-,19-/m1/s1. The van der Waals surface area contributed by atoms with E-state index in [-0.39, 0.29) is 5.58 Å². The van der Waals surface area contributed by atoms with Gasteiger partial charge in [-0.05, 0) is 45.9 Å². The molecule has 148 valence electrons. The Kier molecular flexibility index (Phi) is 5.02. The molecule has 2 aromatic rings. The van der Waals surface area contributed by atoms with Gasteiger partial charge in [0.25, 0.3) is 0 Å². The highest BCUT2D eigenvalue weighted by Gasteiger charge is 2.50. The van der Waals surface area contributed by atoms with Crippen molar-refractivity contribution in [3.8, 4) is 5.75 Å². The molecule has 7 nitrogen and oxygen atoms in total. The molecule has 0 amide bonds. The summed E-state index contributed by atoms with van der Waals surface area (Å²) in [6.07, 6.45) is -0.330. The van der Waals surface area contributed by atoms with Gasteiger partial charge in [0.05, 0.1) is 5.56 Å². The van der Waals surface area contributed by atoms with Gasteiger partial charge in [-0.25, -0.2) is 9.59 Å². The first-order valence-electron chi connectivity index (χ1n) is 8.91. The van der Waals surface area contributed by atoms with Gasteiger partial charge in [-0.15, -0.1) is 0 Å². The highest BCUT2D eigenvalue weighted by Crippen LogP contribution is 2.46. The zero-order chi connectivity index (χ0) is 20.6. The Bertz CT molecular complexity index is 1030. The van der Waals surface area contributed by atoms with Crippen LogP contribution < -0.4 is 10.4 Å². The van der Waals surface area contributed by atoms with E-state index in [1.807, 2.05) is 0 Å². The van der Waals surface area contributed by atoms with Gasteiger partial charge in [0, 0.05) is 23.9 Å². The van der Waals surface area contributed by atoms with Crippen LogP contribution in [-0.4, -0.2) is 23.6 Å². The third-order valence-electron chi connectivity index (χ3n) is 4.69. The summed E-state index contributed by atoms with van der Waals surface area (Å²) < 4.78 is 22.7. The monoisotopic (exact) mass is 386 g/mol.